The smallest absolute Gasteiger partial charge is 0.414 e. The van der Waals surface area contributed by atoms with E-state index < -0.39 is 54.4 Å². The number of benzene rings is 3. The molecule has 2 heterocycles. The Morgan fingerprint density at radius 1 is 0.964 bits per heavy atom. The van der Waals surface area contributed by atoms with Crippen LogP contribution in [-0.4, -0.2) is 72.3 Å². The molecule has 4 amide bonds. The Balaban J connectivity index is 1.33. The second-order valence-electron chi connectivity index (χ2n) is 16.0. The number of methoxy groups -OCH3 is 1. The van der Waals surface area contributed by atoms with E-state index in [1.807, 2.05) is 24.3 Å². The Morgan fingerprint density at radius 3 is 2.23 bits per heavy atom. The molecule has 17 heteroatoms. The quantitative estimate of drug-likeness (QED) is 0.181. The van der Waals surface area contributed by atoms with Gasteiger partial charge in [0.2, 0.25) is 11.8 Å². The molecule has 5 rings (SSSR count). The maximum Gasteiger partial charge on any atom is 0.414 e. The van der Waals surface area contributed by atoms with Gasteiger partial charge in [-0.2, -0.15) is 13.1 Å². The third-order valence-corrected chi connectivity index (χ3v) is 15.4. The number of para-hydroxylation sites is 1. The maximum absolute atomic E-state index is 14.3. The number of rotatable bonds is 12. The van der Waals surface area contributed by atoms with Gasteiger partial charge in [0.25, 0.3) is 24.4 Å². The molecular weight excluding hydrogens is 757 g/mol. The summed E-state index contributed by atoms with van der Waals surface area (Å²) in [5.74, 6) is -1.09. The number of nitrogens with one attached hydrogen (secondary N) is 3. The van der Waals surface area contributed by atoms with Crippen molar-refractivity contribution in [3.8, 4) is 11.5 Å². The molecule has 0 aliphatic carbocycles. The van der Waals surface area contributed by atoms with Crippen LogP contribution in [-0.2, 0) is 37.6 Å². The van der Waals surface area contributed by atoms with E-state index in [0.29, 0.717) is 34.9 Å². The Bertz CT molecular complexity index is 2100. The summed E-state index contributed by atoms with van der Waals surface area (Å²) in [7, 11) is -5.00. The summed E-state index contributed by atoms with van der Waals surface area (Å²) in [4.78, 5) is 57.3. The zero-order chi connectivity index (χ0) is 41.3. The number of ether oxygens (including phenoxy) is 2. The number of fused-ring (bicyclic) bond motifs is 4. The fourth-order valence-corrected chi connectivity index (χ4v) is 8.05. The molecular formula is C39H52N6O9SSi. The maximum atomic E-state index is 14.3. The molecule has 15 nitrogen and oxygen atoms in total. The first-order chi connectivity index (χ1) is 26.1. The van der Waals surface area contributed by atoms with Crippen molar-refractivity contribution in [3.63, 3.8) is 0 Å². The predicted octanol–water partition coefficient (Wildman–Crippen LogP) is 5.07. The molecule has 0 saturated carbocycles. The third-order valence-electron chi connectivity index (χ3n) is 10.5. The molecule has 0 saturated heterocycles. The summed E-state index contributed by atoms with van der Waals surface area (Å²) in [6, 6.07) is 15.2. The normalized spacial score (nSPS) is 16.6. The van der Waals surface area contributed by atoms with Gasteiger partial charge in [0.15, 0.2) is 5.75 Å². The Kier molecular flexibility index (Phi) is 12.2. The summed E-state index contributed by atoms with van der Waals surface area (Å²) in [5, 5.41) is 10.1. The number of amides is 4. The highest BCUT2D eigenvalue weighted by Crippen LogP contribution is 2.45. The van der Waals surface area contributed by atoms with Gasteiger partial charge < -0.3 is 29.4 Å². The van der Waals surface area contributed by atoms with Crippen LogP contribution in [0.4, 0.5) is 21.9 Å². The minimum absolute atomic E-state index is 0.106. The Labute approximate surface area is 329 Å². The number of nitrogens with zero attached hydrogens (tertiary/aromatic N) is 2. The number of anilines is 3. The minimum atomic E-state index is -4.15. The lowest BCUT2D eigenvalue weighted by atomic mass is 10.0. The molecule has 0 bridgehead atoms. The molecule has 2 aliphatic rings. The summed E-state index contributed by atoms with van der Waals surface area (Å²) in [6.45, 7) is 15.4. The molecule has 2 aliphatic heterocycles. The van der Waals surface area contributed by atoms with E-state index in [0.717, 1.165) is 11.3 Å². The van der Waals surface area contributed by atoms with Gasteiger partial charge >= 0.3 is 6.09 Å². The van der Waals surface area contributed by atoms with Crippen molar-refractivity contribution >= 4 is 59.4 Å². The monoisotopic (exact) mass is 808 g/mol. The first-order valence-corrected chi connectivity index (χ1v) is 22.8. The number of hydrogen-bond donors (Lipinski definition) is 4. The van der Waals surface area contributed by atoms with Gasteiger partial charge in [-0.25, -0.2) is 9.93 Å². The van der Waals surface area contributed by atoms with Gasteiger partial charge in [-0.3, -0.25) is 19.3 Å². The largest absolute Gasteiger partial charge is 0.541 e. The van der Waals surface area contributed by atoms with E-state index in [2.05, 4.69) is 49.2 Å². The summed E-state index contributed by atoms with van der Waals surface area (Å²) < 4.78 is 43.4. The summed E-state index contributed by atoms with van der Waals surface area (Å²) in [6.07, 6.45) is -0.0939. The van der Waals surface area contributed by atoms with Crippen LogP contribution in [0.2, 0.25) is 18.1 Å². The second-order valence-corrected chi connectivity index (χ2v) is 22.1. The van der Waals surface area contributed by atoms with Crippen LogP contribution < -0.4 is 39.5 Å². The van der Waals surface area contributed by atoms with E-state index in [4.69, 9.17) is 19.0 Å². The van der Waals surface area contributed by atoms with Crippen molar-refractivity contribution < 1.29 is 41.5 Å². The van der Waals surface area contributed by atoms with E-state index >= 15 is 0 Å². The number of hydrogen-bond acceptors (Lipinski definition) is 9. The summed E-state index contributed by atoms with van der Waals surface area (Å²) in [5.41, 5.74) is 3.50. The fraction of sp³-hybridized carbons (Fsp3) is 0.436. The van der Waals surface area contributed by atoms with Gasteiger partial charge in [-0.1, -0.05) is 65.0 Å². The lowest BCUT2D eigenvalue weighted by molar-refractivity contribution is -0.128. The number of nitrogens with two attached hydrogens (primary N) is 1. The van der Waals surface area contributed by atoms with E-state index in [1.165, 1.54) is 18.9 Å². The van der Waals surface area contributed by atoms with Crippen LogP contribution in [0.1, 0.15) is 63.0 Å². The van der Waals surface area contributed by atoms with Gasteiger partial charge in [-0.05, 0) is 72.8 Å². The van der Waals surface area contributed by atoms with Gasteiger partial charge in [0, 0.05) is 17.4 Å². The van der Waals surface area contributed by atoms with E-state index in [9.17, 15) is 27.6 Å². The molecule has 3 aromatic rings. The molecule has 0 spiro atoms. The van der Waals surface area contributed by atoms with Crippen molar-refractivity contribution in [2.24, 2.45) is 11.1 Å². The Hall–Kier alpha value is -4.97. The van der Waals surface area contributed by atoms with Gasteiger partial charge in [-0.15, -0.1) is 0 Å². The molecule has 0 fully saturated rings. The molecule has 3 atom stereocenters. The lowest BCUT2D eigenvalue weighted by Gasteiger charge is -2.37. The average Bonchev–Trinajstić information content (AvgIpc) is 3.43. The van der Waals surface area contributed by atoms with Crippen molar-refractivity contribution in [2.75, 3.05) is 28.8 Å². The number of carbonyl (C=O) groups is 4. The van der Waals surface area contributed by atoms with Crippen molar-refractivity contribution in [2.45, 2.75) is 90.8 Å². The highest BCUT2D eigenvalue weighted by Gasteiger charge is 2.44. The second kappa shape index (κ2) is 16.2. The number of carbonyl (C=O) groups excluding carboxylic acids is 4. The van der Waals surface area contributed by atoms with Crippen molar-refractivity contribution in [1.29, 1.82) is 0 Å². The van der Waals surface area contributed by atoms with Crippen molar-refractivity contribution in [1.82, 2.24) is 10.0 Å². The Morgan fingerprint density at radius 2 is 1.62 bits per heavy atom. The zero-order valence-electron chi connectivity index (χ0n) is 33.3. The minimum Gasteiger partial charge on any atom is -0.541 e. The third kappa shape index (κ3) is 9.34. The first-order valence-electron chi connectivity index (χ1n) is 18.4. The standard InChI is InChI=1S/C39H52N6O9SSi/c1-23(2)34(43-55(40,50)51)36(47)41-24(3)35(46)42-27-16-14-25(15-17-27)22-53-38(49)44-21-28-18-26-12-10-11-13-30(26)45(28)37(48)29-19-32(52-7)33(20-31(29)44)54-56(8,9)39(4,5)6/h10-17,19-20,23-24,28,34,43H,18,21-22H2,1-9H3,(H,41,47)(H,42,46)(H2,40,50,51)/t24-,28-,34?/m0/s1. The van der Waals surface area contributed by atoms with E-state index in [1.54, 1.807) is 55.1 Å². The lowest BCUT2D eigenvalue weighted by Crippen LogP contribution is -2.54. The van der Waals surface area contributed by atoms with Gasteiger partial charge in [0.1, 0.15) is 24.4 Å². The van der Waals surface area contributed by atoms with Crippen LogP contribution in [0.25, 0.3) is 0 Å². The van der Waals surface area contributed by atoms with Crippen LogP contribution in [0, 0.1) is 5.92 Å². The zero-order valence-corrected chi connectivity index (χ0v) is 35.1. The van der Waals surface area contributed by atoms with Crippen LogP contribution in [0.3, 0.4) is 0 Å². The molecule has 5 N–H and O–H groups in total. The highest BCUT2D eigenvalue weighted by molar-refractivity contribution is 7.87. The van der Waals surface area contributed by atoms with Crippen molar-refractivity contribution in [3.05, 3.63) is 77.4 Å². The van der Waals surface area contributed by atoms with Crippen LogP contribution in [0.5, 0.6) is 11.5 Å². The molecule has 302 valence electrons. The van der Waals surface area contributed by atoms with Gasteiger partial charge in [0.05, 0.1) is 30.9 Å². The van der Waals surface area contributed by atoms with Crippen LogP contribution >= 0.6 is 0 Å². The van der Waals surface area contributed by atoms with Crippen LogP contribution in [0.15, 0.2) is 60.7 Å². The molecule has 1 unspecified atom stereocenters. The summed E-state index contributed by atoms with van der Waals surface area (Å²) >= 11 is 0. The topological polar surface area (TPSA) is 199 Å². The fourth-order valence-electron chi connectivity index (χ4n) is 6.30. The predicted molar refractivity (Wildman–Crippen MR) is 217 cm³/mol. The molecule has 0 radical (unpaired) electrons. The first kappa shape index (κ1) is 42.2. The highest BCUT2D eigenvalue weighted by atomic mass is 32.2. The molecule has 0 aromatic heterocycles. The molecule has 56 heavy (non-hydrogen) atoms. The average molecular weight is 809 g/mol. The molecule has 3 aromatic carbocycles. The SMILES string of the molecule is COc1cc2c(cc1O[Si](C)(C)C(C)(C)C)N(C(=O)OCc1ccc(NC(=O)[C@H](C)NC(=O)C(NS(N)(=O)=O)C(C)C)cc1)C[C@@H]1Cc3ccccc3N1C2=O. The van der Waals surface area contributed by atoms with E-state index in [-0.39, 0.29) is 35.7 Å².